The van der Waals surface area contributed by atoms with E-state index < -0.39 is 16.1 Å². The van der Waals surface area contributed by atoms with Gasteiger partial charge in [0.1, 0.15) is 4.90 Å². The average molecular weight is 323 g/mol. The van der Waals surface area contributed by atoms with Crippen LogP contribution in [0.25, 0.3) is 0 Å². The van der Waals surface area contributed by atoms with Crippen LogP contribution in [0.4, 0.5) is 0 Å². The average Bonchev–Trinajstić information content (AvgIpc) is 2.97. The number of nitrogens with zero attached hydrogens (tertiary/aromatic N) is 3. The molecule has 0 saturated heterocycles. The van der Waals surface area contributed by atoms with E-state index in [9.17, 15) is 8.42 Å². The Morgan fingerprint density at radius 2 is 2.05 bits per heavy atom. The first kappa shape index (κ1) is 16.7. The van der Waals surface area contributed by atoms with Crippen molar-refractivity contribution in [3.63, 3.8) is 0 Å². The summed E-state index contributed by atoms with van der Waals surface area (Å²) in [7, 11) is -2.42. The lowest BCUT2D eigenvalue weighted by atomic mass is 10.0. The maximum absolute atomic E-state index is 12.8. The van der Waals surface area contributed by atoms with Gasteiger partial charge in [-0.05, 0) is 31.9 Å². The third-order valence-corrected chi connectivity index (χ3v) is 5.35. The Hall–Kier alpha value is -1.70. The normalized spacial score (nSPS) is 13.5. The summed E-state index contributed by atoms with van der Waals surface area (Å²) in [6, 6.07) is 7.20. The molecule has 1 aromatic carbocycles. The van der Waals surface area contributed by atoms with Crippen molar-refractivity contribution in [2.45, 2.75) is 38.3 Å². The largest absolute Gasteiger partial charge is 0.287 e. The highest BCUT2D eigenvalue weighted by atomic mass is 32.2. The predicted octanol–water partition coefficient (Wildman–Crippen LogP) is 2.52. The molecule has 2 rings (SSSR count). The van der Waals surface area contributed by atoms with Crippen LogP contribution in [0, 0.1) is 6.92 Å². The van der Waals surface area contributed by atoms with Crippen molar-refractivity contribution in [1.29, 1.82) is 0 Å². The Balaban J connectivity index is 2.40. The highest BCUT2D eigenvalue weighted by Crippen LogP contribution is 2.29. The minimum atomic E-state index is -3.78. The van der Waals surface area contributed by atoms with Crippen molar-refractivity contribution in [3.05, 3.63) is 47.8 Å². The summed E-state index contributed by atoms with van der Waals surface area (Å²) in [5.74, 6) is 0. The van der Waals surface area contributed by atoms with Gasteiger partial charge in [-0.25, -0.2) is 8.42 Å². The molecular weight excluding hydrogens is 302 g/mol. The van der Waals surface area contributed by atoms with Crippen molar-refractivity contribution in [1.82, 2.24) is 14.2 Å². The van der Waals surface area contributed by atoms with Gasteiger partial charge in [0.05, 0.1) is 19.3 Å². The fourth-order valence-electron chi connectivity index (χ4n) is 2.39. The Labute approximate surface area is 131 Å². The fourth-order valence-corrected chi connectivity index (χ4v) is 3.76. The molecule has 0 bridgehead atoms. The van der Waals surface area contributed by atoms with Gasteiger partial charge in [-0.15, -0.1) is 0 Å². The number of hydrogen-bond acceptors (Lipinski definition) is 4. The van der Waals surface area contributed by atoms with Gasteiger partial charge >= 0.3 is 0 Å². The smallest absolute Gasteiger partial charge is 0.268 e. The van der Waals surface area contributed by atoms with E-state index in [1.165, 1.54) is 19.5 Å². The molecule has 0 N–H and O–H groups in total. The molecule has 0 radical (unpaired) electrons. The molecule has 0 aliphatic heterocycles. The van der Waals surface area contributed by atoms with Gasteiger partial charge in [-0.2, -0.15) is 5.10 Å². The van der Waals surface area contributed by atoms with E-state index in [0.717, 1.165) is 15.6 Å². The Morgan fingerprint density at radius 3 is 2.59 bits per heavy atom. The third-order valence-electron chi connectivity index (χ3n) is 3.60. The lowest BCUT2D eigenvalue weighted by Gasteiger charge is -2.26. The highest BCUT2D eigenvalue weighted by Gasteiger charge is 2.32. The Kier molecular flexibility index (Phi) is 5.00. The van der Waals surface area contributed by atoms with Crippen molar-refractivity contribution in [3.8, 4) is 0 Å². The Bertz CT molecular complexity index is 740. The molecule has 7 heteroatoms. The summed E-state index contributed by atoms with van der Waals surface area (Å²) < 4.78 is 28.1. The van der Waals surface area contributed by atoms with Crippen molar-refractivity contribution in [2.75, 3.05) is 7.11 Å². The number of hydrogen-bond donors (Lipinski definition) is 0. The van der Waals surface area contributed by atoms with Crippen LogP contribution in [0.2, 0.25) is 0 Å². The molecule has 1 heterocycles. The molecule has 2 aromatic rings. The first-order chi connectivity index (χ1) is 10.4. The van der Waals surface area contributed by atoms with Crippen LogP contribution in [-0.4, -0.2) is 29.8 Å². The van der Waals surface area contributed by atoms with Crippen molar-refractivity contribution in [2.24, 2.45) is 0 Å². The third kappa shape index (κ3) is 3.06. The quantitative estimate of drug-likeness (QED) is 0.766. The maximum atomic E-state index is 12.8. The second-order valence-corrected chi connectivity index (χ2v) is 6.79. The number of sulfonamides is 1. The van der Waals surface area contributed by atoms with E-state index in [2.05, 4.69) is 5.10 Å². The standard InChI is InChI=1S/C15H21N3O3S/c1-5-17-11-14(10-16-17)22(19,20)18(21-4)13(3)15-9-7-6-8-12(15)2/h6-11,13H,5H2,1-4H3/t13-/m1/s1. The molecule has 22 heavy (non-hydrogen) atoms. The summed E-state index contributed by atoms with van der Waals surface area (Å²) in [4.78, 5) is 5.31. The zero-order chi connectivity index (χ0) is 16.3. The molecule has 1 aromatic heterocycles. The molecule has 120 valence electrons. The molecule has 0 saturated carbocycles. The van der Waals surface area contributed by atoms with Crippen LogP contribution in [0.15, 0.2) is 41.6 Å². The van der Waals surface area contributed by atoms with E-state index in [1.54, 1.807) is 11.6 Å². The van der Waals surface area contributed by atoms with Gasteiger partial charge in [-0.1, -0.05) is 28.7 Å². The summed E-state index contributed by atoms with van der Waals surface area (Å²) in [5.41, 5.74) is 1.91. The van der Waals surface area contributed by atoms with Crippen LogP contribution >= 0.6 is 0 Å². The van der Waals surface area contributed by atoms with Crippen molar-refractivity contribution >= 4 is 10.0 Å². The second kappa shape index (κ2) is 6.60. The number of hydroxylamine groups is 1. The highest BCUT2D eigenvalue weighted by molar-refractivity contribution is 7.89. The molecule has 0 aliphatic rings. The predicted molar refractivity (Wildman–Crippen MR) is 83.5 cm³/mol. The van der Waals surface area contributed by atoms with Gasteiger partial charge in [-0.3, -0.25) is 9.52 Å². The molecule has 0 fully saturated rings. The molecule has 1 atom stereocenters. The molecule has 0 aliphatic carbocycles. The number of benzene rings is 1. The van der Waals surface area contributed by atoms with Crippen LogP contribution < -0.4 is 0 Å². The number of rotatable bonds is 6. The van der Waals surface area contributed by atoms with Crippen LogP contribution in [0.3, 0.4) is 0 Å². The van der Waals surface area contributed by atoms with Crippen LogP contribution in [0.1, 0.15) is 31.0 Å². The molecule has 0 unspecified atom stereocenters. The van der Waals surface area contributed by atoms with E-state index in [4.69, 9.17) is 4.84 Å². The number of aromatic nitrogens is 2. The summed E-state index contributed by atoms with van der Waals surface area (Å²) in [6.07, 6.45) is 2.85. The lowest BCUT2D eigenvalue weighted by Crippen LogP contribution is -2.33. The van der Waals surface area contributed by atoms with Crippen molar-refractivity contribution < 1.29 is 13.3 Å². The zero-order valence-corrected chi connectivity index (χ0v) is 14.0. The van der Waals surface area contributed by atoms with Gasteiger partial charge in [0.2, 0.25) is 0 Å². The first-order valence-electron chi connectivity index (χ1n) is 7.08. The summed E-state index contributed by atoms with van der Waals surface area (Å²) in [5, 5.41) is 4.02. The summed E-state index contributed by atoms with van der Waals surface area (Å²) >= 11 is 0. The van der Waals surface area contributed by atoms with E-state index >= 15 is 0 Å². The van der Waals surface area contributed by atoms with E-state index in [0.29, 0.717) is 6.54 Å². The minimum absolute atomic E-state index is 0.122. The first-order valence-corrected chi connectivity index (χ1v) is 8.52. The molecule has 0 spiro atoms. The minimum Gasteiger partial charge on any atom is -0.287 e. The Morgan fingerprint density at radius 1 is 1.36 bits per heavy atom. The van der Waals surface area contributed by atoms with Gasteiger partial charge < -0.3 is 0 Å². The van der Waals surface area contributed by atoms with Gasteiger partial charge in [0.15, 0.2) is 0 Å². The second-order valence-electron chi connectivity index (χ2n) is 5.01. The van der Waals surface area contributed by atoms with Gasteiger partial charge in [0, 0.05) is 12.7 Å². The number of aryl methyl sites for hydroxylation is 2. The maximum Gasteiger partial charge on any atom is 0.268 e. The van der Waals surface area contributed by atoms with E-state index in [1.807, 2.05) is 38.1 Å². The monoisotopic (exact) mass is 323 g/mol. The molecule has 0 amide bonds. The van der Waals surface area contributed by atoms with Crippen LogP contribution in [0.5, 0.6) is 0 Å². The lowest BCUT2D eigenvalue weighted by molar-refractivity contribution is -0.0774. The summed E-state index contributed by atoms with van der Waals surface area (Å²) in [6.45, 7) is 6.25. The van der Waals surface area contributed by atoms with E-state index in [-0.39, 0.29) is 4.90 Å². The topological polar surface area (TPSA) is 64.4 Å². The molecular formula is C15H21N3O3S. The SMILES string of the molecule is CCn1cc(S(=O)(=O)N(OC)[C@H](C)c2ccccc2C)cn1. The van der Waals surface area contributed by atoms with Crippen LogP contribution in [-0.2, 0) is 21.4 Å². The van der Waals surface area contributed by atoms with Gasteiger partial charge in [0.25, 0.3) is 10.0 Å². The fraction of sp³-hybridized carbons (Fsp3) is 0.400. The zero-order valence-electron chi connectivity index (χ0n) is 13.2. The molecule has 6 nitrogen and oxygen atoms in total.